The Bertz CT molecular complexity index is 690. The molecule has 3 N–H and O–H groups in total. The second-order valence-electron chi connectivity index (χ2n) is 11.0. The molecule has 3 saturated carbocycles. The van der Waals surface area contributed by atoms with Gasteiger partial charge in [0.25, 0.3) is 0 Å². The molecule has 6 atom stereocenters. The molecule has 3 fully saturated rings. The van der Waals surface area contributed by atoms with Crippen LogP contribution in [0.5, 0.6) is 0 Å². The summed E-state index contributed by atoms with van der Waals surface area (Å²) in [7, 11) is 0. The van der Waals surface area contributed by atoms with Gasteiger partial charge < -0.3 is 15.3 Å². The van der Waals surface area contributed by atoms with Gasteiger partial charge in [-0.1, -0.05) is 57.6 Å². The van der Waals surface area contributed by atoms with Crippen molar-refractivity contribution in [1.82, 2.24) is 0 Å². The summed E-state index contributed by atoms with van der Waals surface area (Å²) in [6.45, 7) is 12.8. The van der Waals surface area contributed by atoms with E-state index in [4.69, 9.17) is 0 Å². The number of hydrogen-bond donors (Lipinski definition) is 3. The molecule has 0 aromatic rings. The third-order valence-corrected chi connectivity index (χ3v) is 8.85. The van der Waals surface area contributed by atoms with E-state index in [2.05, 4.69) is 46.4 Å². The number of rotatable bonds is 6. The minimum atomic E-state index is -0.661. The summed E-state index contributed by atoms with van der Waals surface area (Å²) in [5, 5.41) is 32.2. The van der Waals surface area contributed by atoms with Crippen molar-refractivity contribution in [3.63, 3.8) is 0 Å². The normalized spacial score (nSPS) is 39.5. The molecule has 3 heteroatoms. The lowest BCUT2D eigenvalue weighted by Crippen LogP contribution is -2.51. The van der Waals surface area contributed by atoms with E-state index in [9.17, 15) is 15.3 Å². The lowest BCUT2D eigenvalue weighted by Gasteiger charge is -2.50. The van der Waals surface area contributed by atoms with E-state index in [0.717, 1.165) is 63.4 Å². The summed E-state index contributed by atoms with van der Waals surface area (Å²) < 4.78 is 0. The zero-order valence-electron chi connectivity index (χ0n) is 19.7. The van der Waals surface area contributed by atoms with Crippen LogP contribution in [0.1, 0.15) is 91.9 Å². The van der Waals surface area contributed by atoms with Crippen molar-refractivity contribution >= 4 is 0 Å². The van der Waals surface area contributed by atoms with E-state index < -0.39 is 5.60 Å². The third kappa shape index (κ3) is 4.49. The van der Waals surface area contributed by atoms with Gasteiger partial charge in [-0.05, 0) is 87.5 Å². The van der Waals surface area contributed by atoms with Crippen molar-refractivity contribution in [3.8, 4) is 0 Å². The Balaban J connectivity index is 1.76. The van der Waals surface area contributed by atoms with E-state index in [1.807, 2.05) is 0 Å². The molecule has 0 amide bonds. The summed E-state index contributed by atoms with van der Waals surface area (Å²) in [4.78, 5) is 0. The van der Waals surface area contributed by atoms with Crippen LogP contribution in [0.4, 0.5) is 0 Å². The lowest BCUT2D eigenvalue weighted by atomic mass is 9.58. The molecule has 0 aromatic carbocycles. The van der Waals surface area contributed by atoms with E-state index in [1.54, 1.807) is 0 Å². The van der Waals surface area contributed by atoms with Crippen LogP contribution in [0.3, 0.4) is 0 Å². The van der Waals surface area contributed by atoms with Crippen molar-refractivity contribution in [2.45, 2.75) is 110 Å². The number of aliphatic hydroxyl groups excluding tert-OH is 2. The van der Waals surface area contributed by atoms with Crippen LogP contribution in [0.25, 0.3) is 0 Å². The Hall–Kier alpha value is -0.900. The molecule has 0 saturated heterocycles. The summed E-state index contributed by atoms with van der Waals surface area (Å²) in [5.41, 5.74) is 3.07. The van der Waals surface area contributed by atoms with Crippen LogP contribution in [-0.2, 0) is 0 Å². The van der Waals surface area contributed by atoms with Crippen molar-refractivity contribution < 1.29 is 15.3 Å². The lowest BCUT2D eigenvalue weighted by molar-refractivity contribution is -0.116. The smallest absolute Gasteiger partial charge is 0.0732 e. The van der Waals surface area contributed by atoms with Gasteiger partial charge in [-0.2, -0.15) is 0 Å². The number of allylic oxidation sites excluding steroid dienone is 4. The highest BCUT2D eigenvalue weighted by molar-refractivity contribution is 5.36. The van der Waals surface area contributed by atoms with Gasteiger partial charge in [0.1, 0.15) is 0 Å². The Labute approximate surface area is 184 Å². The molecule has 3 rings (SSSR count). The van der Waals surface area contributed by atoms with Gasteiger partial charge in [0.05, 0.1) is 17.8 Å². The zero-order valence-corrected chi connectivity index (χ0v) is 19.7. The maximum Gasteiger partial charge on any atom is 0.0732 e. The fourth-order valence-corrected chi connectivity index (χ4v) is 6.49. The number of aliphatic hydroxyl groups is 3. The quantitative estimate of drug-likeness (QED) is 0.520. The fourth-order valence-electron chi connectivity index (χ4n) is 6.49. The minimum Gasteiger partial charge on any atom is -0.393 e. The average molecular weight is 417 g/mol. The Morgan fingerprint density at radius 3 is 2.53 bits per heavy atom. The van der Waals surface area contributed by atoms with E-state index >= 15 is 0 Å². The van der Waals surface area contributed by atoms with Gasteiger partial charge in [-0.25, -0.2) is 0 Å². The minimum absolute atomic E-state index is 0.0964. The predicted molar refractivity (Wildman–Crippen MR) is 124 cm³/mol. The predicted octanol–water partition coefficient (Wildman–Crippen LogP) is 5.70. The molecule has 0 spiro atoms. The summed E-state index contributed by atoms with van der Waals surface area (Å²) in [6.07, 6.45) is 13.2. The van der Waals surface area contributed by atoms with Gasteiger partial charge in [0.15, 0.2) is 0 Å². The van der Waals surface area contributed by atoms with Crippen LogP contribution >= 0.6 is 0 Å². The van der Waals surface area contributed by atoms with Gasteiger partial charge in [0.2, 0.25) is 0 Å². The maximum atomic E-state index is 11.9. The number of hydrogen-bond acceptors (Lipinski definition) is 3. The molecular formula is C27H44O3. The van der Waals surface area contributed by atoms with Gasteiger partial charge in [-0.15, -0.1) is 0 Å². The zero-order chi connectivity index (χ0) is 22.1. The fraction of sp³-hybridized carbons (Fsp3) is 0.778. The third-order valence-electron chi connectivity index (χ3n) is 8.85. The maximum absolute atomic E-state index is 11.9. The van der Waals surface area contributed by atoms with Gasteiger partial charge >= 0.3 is 0 Å². The first-order valence-corrected chi connectivity index (χ1v) is 12.2. The monoisotopic (exact) mass is 416 g/mol. The standard InChI is InChI=1S/C27H44O3/c1-18(2)25(29)13-9-20(4)27(30)16-14-24-21(7-6-15-26(24,27)5)10-11-22-17-23(28)12-8-19(22)3/h10-11,18,20,23-25,28-30H,3,6-9,12-17H2,1-2,4-5H3/b21-10+,22-11-/t20-,23-,24+,25?,26+,27+/m1/s1. The highest BCUT2D eigenvalue weighted by Gasteiger charge is 2.59. The molecule has 1 unspecified atom stereocenters. The molecule has 0 aliphatic heterocycles. The summed E-state index contributed by atoms with van der Waals surface area (Å²) in [5.74, 6) is 0.878. The van der Waals surface area contributed by atoms with Crippen molar-refractivity contribution in [2.24, 2.45) is 23.2 Å². The van der Waals surface area contributed by atoms with E-state index in [1.165, 1.54) is 11.1 Å². The van der Waals surface area contributed by atoms with E-state index in [-0.39, 0.29) is 29.5 Å². The largest absolute Gasteiger partial charge is 0.393 e. The first-order valence-electron chi connectivity index (χ1n) is 12.2. The molecule has 3 aliphatic carbocycles. The first-order chi connectivity index (χ1) is 14.1. The molecule has 0 bridgehead atoms. The SMILES string of the molecule is C=C1CC[C@@H](O)C/C1=C/C=C1\CCC[C@@]2(C)[C@H]1CC[C@]2(O)[C@H](C)CCC(O)C(C)C. The molecule has 0 heterocycles. The molecule has 3 nitrogen and oxygen atoms in total. The highest BCUT2D eigenvalue weighted by Crippen LogP contribution is 2.62. The Kier molecular flexibility index (Phi) is 7.37. The second kappa shape index (κ2) is 9.30. The van der Waals surface area contributed by atoms with Crippen molar-refractivity contribution in [1.29, 1.82) is 0 Å². The number of fused-ring (bicyclic) bond motifs is 1. The van der Waals surface area contributed by atoms with Gasteiger partial charge in [-0.3, -0.25) is 0 Å². The highest BCUT2D eigenvalue weighted by atomic mass is 16.3. The topological polar surface area (TPSA) is 60.7 Å². The molecule has 0 aromatic heterocycles. The summed E-state index contributed by atoms with van der Waals surface area (Å²) in [6, 6.07) is 0. The van der Waals surface area contributed by atoms with Crippen molar-refractivity contribution in [3.05, 3.63) is 35.5 Å². The Morgan fingerprint density at radius 2 is 1.83 bits per heavy atom. The van der Waals surface area contributed by atoms with E-state index in [0.29, 0.717) is 12.3 Å². The van der Waals surface area contributed by atoms with Crippen molar-refractivity contribution in [2.75, 3.05) is 0 Å². The average Bonchev–Trinajstić information content (AvgIpc) is 2.98. The van der Waals surface area contributed by atoms with Crippen LogP contribution in [0, 0.1) is 23.2 Å². The van der Waals surface area contributed by atoms with Crippen LogP contribution in [-0.4, -0.2) is 33.1 Å². The van der Waals surface area contributed by atoms with Gasteiger partial charge in [0, 0.05) is 5.41 Å². The summed E-state index contributed by atoms with van der Waals surface area (Å²) >= 11 is 0. The van der Waals surface area contributed by atoms with Crippen LogP contribution in [0.15, 0.2) is 35.5 Å². The molecule has 170 valence electrons. The first kappa shape index (κ1) is 23.8. The van der Waals surface area contributed by atoms with Crippen LogP contribution in [0.2, 0.25) is 0 Å². The Morgan fingerprint density at radius 1 is 1.10 bits per heavy atom. The molecule has 3 aliphatic rings. The van der Waals surface area contributed by atoms with Crippen LogP contribution < -0.4 is 0 Å². The second-order valence-corrected chi connectivity index (χ2v) is 11.0. The molecule has 0 radical (unpaired) electrons. The molecular weight excluding hydrogens is 372 g/mol. The molecule has 30 heavy (non-hydrogen) atoms.